The maximum Gasteiger partial charge on any atom is 0.395 e. The number of hydrogen-bond acceptors (Lipinski definition) is 2. The first kappa shape index (κ1) is 13.5. The zero-order valence-electron chi connectivity index (χ0n) is 9.54. The topological polar surface area (TPSA) is 26.3 Å². The van der Waals surface area contributed by atoms with Gasteiger partial charge in [0.1, 0.15) is 0 Å². The summed E-state index contributed by atoms with van der Waals surface area (Å²) < 4.78 is 42.0. The Kier molecular flexibility index (Phi) is 4.15. The monoisotopic (exact) mass is 246 g/mol. The van der Waals surface area contributed by atoms with Crippen LogP contribution < -0.4 is 0 Å². The van der Waals surface area contributed by atoms with E-state index >= 15 is 0 Å². The summed E-state index contributed by atoms with van der Waals surface area (Å²) in [5.41, 5.74) is 0.385. The van der Waals surface area contributed by atoms with Crippen molar-refractivity contribution in [1.82, 2.24) is 0 Å². The summed E-state index contributed by atoms with van der Waals surface area (Å²) in [6.45, 7) is 2.98. The molecule has 0 radical (unpaired) electrons. The van der Waals surface area contributed by atoms with Gasteiger partial charge < -0.3 is 4.74 Å². The van der Waals surface area contributed by atoms with Crippen molar-refractivity contribution in [3.63, 3.8) is 0 Å². The fourth-order valence-electron chi connectivity index (χ4n) is 1.31. The Balaban J connectivity index is 2.85. The number of halogens is 3. The number of alkyl halides is 3. The smallest absolute Gasteiger partial charge is 0.395 e. The molecular weight excluding hydrogens is 233 g/mol. The van der Waals surface area contributed by atoms with Gasteiger partial charge in [0.25, 0.3) is 0 Å². The Morgan fingerprint density at radius 2 is 1.82 bits per heavy atom. The molecular formula is C12H13F3O2. The van der Waals surface area contributed by atoms with Crippen LogP contribution in [-0.4, -0.2) is 18.8 Å². The van der Waals surface area contributed by atoms with Gasteiger partial charge in [-0.25, -0.2) is 4.79 Å². The molecule has 0 saturated carbocycles. The van der Waals surface area contributed by atoms with Gasteiger partial charge in [0.15, 0.2) is 0 Å². The van der Waals surface area contributed by atoms with Crippen LogP contribution in [0.2, 0.25) is 0 Å². The number of rotatable bonds is 3. The van der Waals surface area contributed by atoms with E-state index in [0.29, 0.717) is 0 Å². The molecule has 5 heteroatoms. The average molecular weight is 246 g/mol. The summed E-state index contributed by atoms with van der Waals surface area (Å²) in [6.07, 6.45) is -4.27. The molecule has 0 saturated heterocycles. The third-order valence-electron chi connectivity index (χ3n) is 2.41. The highest BCUT2D eigenvalue weighted by molar-refractivity contribution is 5.89. The molecule has 0 bridgehead atoms. The van der Waals surface area contributed by atoms with E-state index < -0.39 is 18.1 Å². The second-order valence-corrected chi connectivity index (χ2v) is 3.61. The fourth-order valence-corrected chi connectivity index (χ4v) is 1.31. The van der Waals surface area contributed by atoms with Gasteiger partial charge in [0.05, 0.1) is 18.1 Å². The third kappa shape index (κ3) is 3.47. The van der Waals surface area contributed by atoms with Crippen LogP contribution in [0.3, 0.4) is 0 Å². The lowest BCUT2D eigenvalue weighted by Crippen LogP contribution is -2.17. The largest absolute Gasteiger partial charge is 0.462 e. The third-order valence-corrected chi connectivity index (χ3v) is 2.41. The van der Waals surface area contributed by atoms with Gasteiger partial charge in [-0.05, 0) is 31.5 Å². The predicted octanol–water partition coefficient (Wildman–Crippen LogP) is 3.53. The molecule has 0 spiro atoms. The highest BCUT2D eigenvalue weighted by Crippen LogP contribution is 2.34. The molecule has 0 N–H and O–H groups in total. The van der Waals surface area contributed by atoms with Crippen LogP contribution in [0.5, 0.6) is 0 Å². The first-order valence-electron chi connectivity index (χ1n) is 5.20. The molecule has 1 atom stereocenters. The van der Waals surface area contributed by atoms with Gasteiger partial charge >= 0.3 is 12.1 Å². The number of benzene rings is 1. The molecule has 0 aliphatic rings. The number of esters is 1. The first-order valence-corrected chi connectivity index (χ1v) is 5.20. The number of ether oxygens (including phenoxy) is 1. The Bertz CT molecular complexity index is 382. The van der Waals surface area contributed by atoms with Crippen molar-refractivity contribution in [3.05, 3.63) is 35.4 Å². The van der Waals surface area contributed by atoms with Crippen molar-refractivity contribution in [2.45, 2.75) is 25.9 Å². The minimum atomic E-state index is -4.27. The lowest BCUT2D eigenvalue weighted by atomic mass is 9.99. The van der Waals surface area contributed by atoms with Gasteiger partial charge in [0, 0.05) is 0 Å². The highest BCUT2D eigenvalue weighted by atomic mass is 19.4. The van der Waals surface area contributed by atoms with Crippen molar-refractivity contribution in [2.75, 3.05) is 6.61 Å². The maximum atomic E-state index is 12.4. The second kappa shape index (κ2) is 5.21. The van der Waals surface area contributed by atoms with Gasteiger partial charge in [-0.1, -0.05) is 12.1 Å². The Labute approximate surface area is 97.4 Å². The molecule has 17 heavy (non-hydrogen) atoms. The van der Waals surface area contributed by atoms with Crippen molar-refractivity contribution in [3.8, 4) is 0 Å². The molecule has 0 amide bonds. The number of carbonyl (C=O) groups excluding carboxylic acids is 1. The second-order valence-electron chi connectivity index (χ2n) is 3.61. The van der Waals surface area contributed by atoms with E-state index in [1.165, 1.54) is 24.3 Å². The minimum Gasteiger partial charge on any atom is -0.462 e. The zero-order valence-corrected chi connectivity index (χ0v) is 9.54. The van der Waals surface area contributed by atoms with Crippen LogP contribution in [0.25, 0.3) is 0 Å². The number of carbonyl (C=O) groups is 1. The van der Waals surface area contributed by atoms with Gasteiger partial charge in [0.2, 0.25) is 0 Å². The summed E-state index contributed by atoms with van der Waals surface area (Å²) in [4.78, 5) is 11.3. The van der Waals surface area contributed by atoms with Crippen LogP contribution in [0, 0.1) is 0 Å². The standard InChI is InChI=1S/C12H13F3O2/c1-3-17-11(16)10-6-4-9(5-7-10)8(2)12(13,14)15/h4-8H,3H2,1-2H3/t8-/m0/s1. The van der Waals surface area contributed by atoms with E-state index in [2.05, 4.69) is 0 Å². The van der Waals surface area contributed by atoms with E-state index in [9.17, 15) is 18.0 Å². The predicted molar refractivity (Wildman–Crippen MR) is 56.9 cm³/mol. The molecule has 94 valence electrons. The minimum absolute atomic E-state index is 0.130. The molecule has 0 unspecified atom stereocenters. The van der Waals surface area contributed by atoms with Crippen LogP contribution >= 0.6 is 0 Å². The molecule has 0 heterocycles. The fraction of sp³-hybridized carbons (Fsp3) is 0.417. The van der Waals surface area contributed by atoms with E-state index in [4.69, 9.17) is 4.74 Å². The molecule has 0 aliphatic heterocycles. The van der Waals surface area contributed by atoms with Crippen molar-refractivity contribution >= 4 is 5.97 Å². The maximum absolute atomic E-state index is 12.4. The van der Waals surface area contributed by atoms with E-state index in [1.54, 1.807) is 6.92 Å². The lowest BCUT2D eigenvalue weighted by molar-refractivity contribution is -0.146. The summed E-state index contributed by atoms with van der Waals surface area (Å²) in [6, 6.07) is 5.28. The molecule has 0 aromatic heterocycles. The summed E-state index contributed by atoms with van der Waals surface area (Å²) in [5.74, 6) is -2.07. The molecule has 1 rings (SSSR count). The molecule has 0 fully saturated rings. The van der Waals surface area contributed by atoms with Crippen molar-refractivity contribution < 1.29 is 22.7 Å². The Morgan fingerprint density at radius 3 is 2.24 bits per heavy atom. The normalized spacial score (nSPS) is 13.2. The molecule has 1 aromatic rings. The summed E-state index contributed by atoms with van der Waals surface area (Å²) in [7, 11) is 0. The first-order chi connectivity index (χ1) is 7.86. The molecule has 2 nitrogen and oxygen atoms in total. The van der Waals surface area contributed by atoms with Gasteiger partial charge in [-0.15, -0.1) is 0 Å². The van der Waals surface area contributed by atoms with E-state index in [0.717, 1.165) is 6.92 Å². The SMILES string of the molecule is CCOC(=O)c1ccc([C@H](C)C(F)(F)F)cc1. The highest BCUT2D eigenvalue weighted by Gasteiger charge is 2.36. The van der Waals surface area contributed by atoms with Gasteiger partial charge in [-0.3, -0.25) is 0 Å². The van der Waals surface area contributed by atoms with Crippen LogP contribution in [0.4, 0.5) is 13.2 Å². The Hall–Kier alpha value is -1.52. The quantitative estimate of drug-likeness (QED) is 0.762. The molecule has 1 aromatic carbocycles. The lowest BCUT2D eigenvalue weighted by Gasteiger charge is -2.15. The average Bonchev–Trinajstić information content (AvgIpc) is 2.27. The zero-order chi connectivity index (χ0) is 13.1. The van der Waals surface area contributed by atoms with Gasteiger partial charge in [-0.2, -0.15) is 13.2 Å². The Morgan fingerprint density at radius 1 is 1.29 bits per heavy atom. The summed E-state index contributed by atoms with van der Waals surface area (Å²) in [5, 5.41) is 0. The van der Waals surface area contributed by atoms with Crippen LogP contribution in [0.1, 0.15) is 35.7 Å². The van der Waals surface area contributed by atoms with Crippen LogP contribution in [-0.2, 0) is 4.74 Å². The number of hydrogen-bond donors (Lipinski definition) is 0. The van der Waals surface area contributed by atoms with Crippen molar-refractivity contribution in [2.24, 2.45) is 0 Å². The van der Waals surface area contributed by atoms with Crippen molar-refractivity contribution in [1.29, 1.82) is 0 Å². The van der Waals surface area contributed by atoms with E-state index in [-0.39, 0.29) is 17.7 Å². The summed E-state index contributed by atoms with van der Waals surface area (Å²) >= 11 is 0. The van der Waals surface area contributed by atoms with E-state index in [1.807, 2.05) is 0 Å². The van der Waals surface area contributed by atoms with Crippen LogP contribution in [0.15, 0.2) is 24.3 Å². The molecule has 0 aliphatic carbocycles.